The summed E-state index contributed by atoms with van der Waals surface area (Å²) >= 11 is 0. The number of hydrogen-bond acceptors (Lipinski definition) is 2. The molecule has 0 unspecified atom stereocenters. The first kappa shape index (κ1) is 8.66. The van der Waals surface area contributed by atoms with Gasteiger partial charge in [-0.2, -0.15) is 0 Å². The zero-order chi connectivity index (χ0) is 9.42. The van der Waals surface area contributed by atoms with Gasteiger partial charge in [-0.25, -0.2) is 4.39 Å². The average molecular weight is 181 g/mol. The first-order valence-electron chi connectivity index (χ1n) is 4.34. The minimum Gasteiger partial charge on any atom is -0.372 e. The van der Waals surface area contributed by atoms with Crippen LogP contribution in [0.5, 0.6) is 0 Å². The molecule has 2 N–H and O–H groups in total. The number of halogens is 1. The zero-order valence-electron chi connectivity index (χ0n) is 7.46. The number of benzene rings is 1. The molecule has 1 aliphatic heterocycles. The van der Waals surface area contributed by atoms with E-state index in [0.29, 0.717) is 6.61 Å². The number of fused-ring (bicyclic) bond motifs is 1. The van der Waals surface area contributed by atoms with Crippen LogP contribution in [0.4, 0.5) is 4.39 Å². The molecule has 0 radical (unpaired) electrons. The van der Waals surface area contributed by atoms with Crippen molar-refractivity contribution in [3.8, 4) is 0 Å². The summed E-state index contributed by atoms with van der Waals surface area (Å²) in [5, 5.41) is 0. The van der Waals surface area contributed by atoms with Gasteiger partial charge in [0.25, 0.3) is 0 Å². The van der Waals surface area contributed by atoms with E-state index in [0.717, 1.165) is 11.1 Å². The van der Waals surface area contributed by atoms with Crippen LogP contribution in [-0.4, -0.2) is 6.10 Å². The standard InChI is InChI=1S/C10H12FNO/c1-6-10(12)9-3-2-8(11)4-7(9)5-13-6/h2-4,6,10H,5,12H2,1H3/t6-,10-/m1/s1. The molecule has 2 atom stereocenters. The molecule has 2 nitrogen and oxygen atoms in total. The fourth-order valence-electron chi connectivity index (χ4n) is 1.60. The average Bonchev–Trinajstić information content (AvgIpc) is 2.12. The third kappa shape index (κ3) is 1.45. The van der Waals surface area contributed by atoms with Gasteiger partial charge in [-0.3, -0.25) is 0 Å². The summed E-state index contributed by atoms with van der Waals surface area (Å²) in [5.74, 6) is -0.232. The molecule has 0 amide bonds. The molecule has 0 aromatic heterocycles. The molecule has 13 heavy (non-hydrogen) atoms. The van der Waals surface area contributed by atoms with Gasteiger partial charge in [0.2, 0.25) is 0 Å². The topological polar surface area (TPSA) is 35.2 Å². The lowest BCUT2D eigenvalue weighted by molar-refractivity contribution is 0.0212. The first-order valence-corrected chi connectivity index (χ1v) is 4.34. The van der Waals surface area contributed by atoms with E-state index < -0.39 is 0 Å². The van der Waals surface area contributed by atoms with Gasteiger partial charge in [0, 0.05) is 0 Å². The lowest BCUT2D eigenvalue weighted by Gasteiger charge is -2.28. The van der Waals surface area contributed by atoms with E-state index in [2.05, 4.69) is 0 Å². The summed E-state index contributed by atoms with van der Waals surface area (Å²) in [6, 6.07) is 4.54. The summed E-state index contributed by atoms with van der Waals surface area (Å²) in [5.41, 5.74) is 7.76. The Kier molecular flexibility index (Phi) is 2.06. The minimum atomic E-state index is -0.232. The first-order chi connectivity index (χ1) is 6.18. The van der Waals surface area contributed by atoms with Gasteiger partial charge in [-0.1, -0.05) is 6.07 Å². The van der Waals surface area contributed by atoms with Crippen molar-refractivity contribution in [2.75, 3.05) is 0 Å². The van der Waals surface area contributed by atoms with E-state index in [-0.39, 0.29) is 18.0 Å². The molecule has 1 aromatic rings. The molecule has 0 spiro atoms. The highest BCUT2D eigenvalue weighted by Gasteiger charge is 2.23. The molecule has 0 saturated carbocycles. The maximum absolute atomic E-state index is 12.8. The lowest BCUT2D eigenvalue weighted by atomic mass is 9.95. The summed E-state index contributed by atoms with van der Waals surface area (Å²) in [4.78, 5) is 0. The molecule has 0 saturated heterocycles. The molecule has 70 valence electrons. The second kappa shape index (κ2) is 3.09. The Morgan fingerprint density at radius 1 is 1.54 bits per heavy atom. The van der Waals surface area contributed by atoms with Crippen molar-refractivity contribution in [3.05, 3.63) is 35.1 Å². The summed E-state index contributed by atoms with van der Waals surface area (Å²) < 4.78 is 18.2. The molecule has 3 heteroatoms. The van der Waals surface area contributed by atoms with Crippen molar-refractivity contribution in [3.63, 3.8) is 0 Å². The highest BCUT2D eigenvalue weighted by molar-refractivity contribution is 5.32. The van der Waals surface area contributed by atoms with Crippen molar-refractivity contribution in [2.45, 2.75) is 25.7 Å². The van der Waals surface area contributed by atoms with Crippen LogP contribution in [-0.2, 0) is 11.3 Å². The van der Waals surface area contributed by atoms with Gasteiger partial charge in [-0.05, 0) is 30.2 Å². The Hall–Kier alpha value is -0.930. The molecule has 2 rings (SSSR count). The Morgan fingerprint density at radius 2 is 2.31 bits per heavy atom. The minimum absolute atomic E-state index is 0.0120. The summed E-state index contributed by atoms with van der Waals surface area (Å²) in [6.45, 7) is 2.39. The quantitative estimate of drug-likeness (QED) is 0.661. The van der Waals surface area contributed by atoms with Crippen LogP contribution in [0.25, 0.3) is 0 Å². The monoisotopic (exact) mass is 181 g/mol. The van der Waals surface area contributed by atoms with Crippen molar-refractivity contribution in [1.29, 1.82) is 0 Å². The van der Waals surface area contributed by atoms with E-state index in [9.17, 15) is 4.39 Å². The maximum atomic E-state index is 12.8. The van der Waals surface area contributed by atoms with Crippen molar-refractivity contribution in [2.24, 2.45) is 5.73 Å². The molecule has 1 heterocycles. The van der Waals surface area contributed by atoms with Crippen LogP contribution >= 0.6 is 0 Å². The Bertz CT molecular complexity index is 327. The number of hydrogen-bond donors (Lipinski definition) is 1. The van der Waals surface area contributed by atoms with Crippen molar-refractivity contribution < 1.29 is 9.13 Å². The predicted octanol–water partition coefficient (Wildman–Crippen LogP) is 1.74. The van der Waals surface area contributed by atoms with Gasteiger partial charge in [0.05, 0.1) is 18.8 Å². The highest BCUT2D eigenvalue weighted by Crippen LogP contribution is 2.27. The molecule has 1 aromatic carbocycles. The molecule has 0 fully saturated rings. The molecule has 0 bridgehead atoms. The molecular weight excluding hydrogens is 169 g/mol. The molecule has 0 aliphatic carbocycles. The van der Waals surface area contributed by atoms with E-state index >= 15 is 0 Å². The van der Waals surface area contributed by atoms with Crippen LogP contribution in [0.15, 0.2) is 18.2 Å². The third-order valence-electron chi connectivity index (χ3n) is 2.47. The van der Waals surface area contributed by atoms with Crippen LogP contribution < -0.4 is 5.73 Å². The Balaban J connectivity index is 2.44. The van der Waals surface area contributed by atoms with Gasteiger partial charge >= 0.3 is 0 Å². The summed E-state index contributed by atoms with van der Waals surface area (Å²) in [6.07, 6.45) is 0.0120. The molecular formula is C10H12FNO. The maximum Gasteiger partial charge on any atom is 0.123 e. The van der Waals surface area contributed by atoms with Gasteiger partial charge in [0.15, 0.2) is 0 Å². The fourth-order valence-corrected chi connectivity index (χ4v) is 1.60. The third-order valence-corrected chi connectivity index (χ3v) is 2.47. The normalized spacial score (nSPS) is 27.0. The van der Waals surface area contributed by atoms with Gasteiger partial charge < -0.3 is 10.5 Å². The number of nitrogens with two attached hydrogens (primary N) is 1. The Labute approximate surface area is 76.5 Å². The summed E-state index contributed by atoms with van der Waals surface area (Å²) in [7, 11) is 0. The second-order valence-electron chi connectivity index (χ2n) is 3.39. The van der Waals surface area contributed by atoms with Crippen LogP contribution in [0.2, 0.25) is 0 Å². The SMILES string of the molecule is C[C@H]1OCc2cc(F)ccc2[C@@H]1N. The highest BCUT2D eigenvalue weighted by atomic mass is 19.1. The zero-order valence-corrected chi connectivity index (χ0v) is 7.46. The van der Waals surface area contributed by atoms with Crippen molar-refractivity contribution >= 4 is 0 Å². The largest absolute Gasteiger partial charge is 0.372 e. The second-order valence-corrected chi connectivity index (χ2v) is 3.39. The van der Waals surface area contributed by atoms with Crippen LogP contribution in [0.3, 0.4) is 0 Å². The lowest BCUT2D eigenvalue weighted by Crippen LogP contribution is -2.31. The van der Waals surface area contributed by atoms with Crippen molar-refractivity contribution in [1.82, 2.24) is 0 Å². The number of ether oxygens (including phenoxy) is 1. The van der Waals surface area contributed by atoms with E-state index in [4.69, 9.17) is 10.5 Å². The molecule has 1 aliphatic rings. The fraction of sp³-hybridized carbons (Fsp3) is 0.400. The van der Waals surface area contributed by atoms with E-state index in [1.165, 1.54) is 12.1 Å². The Morgan fingerprint density at radius 3 is 3.08 bits per heavy atom. The van der Waals surface area contributed by atoms with Crippen LogP contribution in [0, 0.1) is 5.82 Å². The van der Waals surface area contributed by atoms with E-state index in [1.54, 1.807) is 6.07 Å². The predicted molar refractivity (Wildman–Crippen MR) is 47.6 cm³/mol. The van der Waals surface area contributed by atoms with Gasteiger partial charge in [0.1, 0.15) is 5.82 Å². The van der Waals surface area contributed by atoms with Crippen LogP contribution in [0.1, 0.15) is 24.1 Å². The van der Waals surface area contributed by atoms with E-state index in [1.807, 2.05) is 6.92 Å². The van der Waals surface area contributed by atoms with Gasteiger partial charge in [-0.15, -0.1) is 0 Å². The smallest absolute Gasteiger partial charge is 0.123 e. The number of rotatable bonds is 0.